The third kappa shape index (κ3) is 5.55. The molecule has 0 aliphatic heterocycles. The Morgan fingerprint density at radius 1 is 1.08 bits per heavy atom. The molecular weight excluding hydrogens is 304 g/mol. The van der Waals surface area contributed by atoms with Gasteiger partial charge in [-0.05, 0) is 63.8 Å². The normalized spacial score (nSPS) is 21.0. The third-order valence-electron chi connectivity index (χ3n) is 4.22. The van der Waals surface area contributed by atoms with Crippen molar-refractivity contribution in [2.24, 2.45) is 5.92 Å². The van der Waals surface area contributed by atoms with Gasteiger partial charge in [0, 0.05) is 17.3 Å². The molecule has 0 unspecified atom stereocenters. The summed E-state index contributed by atoms with van der Waals surface area (Å²) in [6, 6.07) is 7.11. The fourth-order valence-electron chi connectivity index (χ4n) is 2.91. The SMILES string of the molecule is C[C@H]1CCCC[C@H]1NC(=O)c1ccc(NC(=O)OC(C)(C)C)cc1. The summed E-state index contributed by atoms with van der Waals surface area (Å²) in [7, 11) is 0. The molecule has 2 amide bonds. The van der Waals surface area contributed by atoms with Crippen LogP contribution in [0, 0.1) is 5.92 Å². The van der Waals surface area contributed by atoms with Crippen LogP contribution in [0.4, 0.5) is 10.5 Å². The molecule has 1 aliphatic carbocycles. The molecule has 0 saturated heterocycles. The van der Waals surface area contributed by atoms with Crippen molar-refractivity contribution in [2.75, 3.05) is 5.32 Å². The smallest absolute Gasteiger partial charge is 0.412 e. The van der Waals surface area contributed by atoms with Gasteiger partial charge in [0.05, 0.1) is 0 Å². The third-order valence-corrected chi connectivity index (χ3v) is 4.22. The van der Waals surface area contributed by atoms with Crippen LogP contribution < -0.4 is 10.6 Å². The Bertz CT molecular complexity index is 575. The summed E-state index contributed by atoms with van der Waals surface area (Å²) < 4.78 is 5.20. The van der Waals surface area contributed by atoms with Crippen LogP contribution in [-0.2, 0) is 4.74 Å². The van der Waals surface area contributed by atoms with Crippen LogP contribution >= 0.6 is 0 Å². The Hall–Kier alpha value is -2.04. The summed E-state index contributed by atoms with van der Waals surface area (Å²) in [6.07, 6.45) is 4.14. The fraction of sp³-hybridized carbons (Fsp3) is 0.579. The first kappa shape index (κ1) is 18.3. The van der Waals surface area contributed by atoms with Gasteiger partial charge in [-0.25, -0.2) is 4.79 Å². The summed E-state index contributed by atoms with van der Waals surface area (Å²) in [5.74, 6) is 0.466. The molecule has 0 heterocycles. The summed E-state index contributed by atoms with van der Waals surface area (Å²) >= 11 is 0. The molecular formula is C19H28N2O3. The zero-order chi connectivity index (χ0) is 17.7. The van der Waals surface area contributed by atoms with Crippen molar-refractivity contribution >= 4 is 17.7 Å². The number of anilines is 1. The van der Waals surface area contributed by atoms with Crippen molar-refractivity contribution < 1.29 is 14.3 Å². The van der Waals surface area contributed by atoms with Crippen molar-refractivity contribution in [3.05, 3.63) is 29.8 Å². The number of nitrogens with one attached hydrogen (secondary N) is 2. The average Bonchev–Trinajstić information content (AvgIpc) is 2.48. The molecule has 2 atom stereocenters. The lowest BCUT2D eigenvalue weighted by Crippen LogP contribution is -2.41. The first-order valence-electron chi connectivity index (χ1n) is 8.65. The maximum Gasteiger partial charge on any atom is 0.412 e. The van der Waals surface area contributed by atoms with Crippen molar-refractivity contribution in [3.8, 4) is 0 Å². The number of rotatable bonds is 3. The van der Waals surface area contributed by atoms with Crippen LogP contribution in [0.25, 0.3) is 0 Å². The molecule has 2 N–H and O–H groups in total. The summed E-state index contributed by atoms with van der Waals surface area (Å²) in [5.41, 5.74) is 0.662. The lowest BCUT2D eigenvalue weighted by atomic mass is 9.86. The van der Waals surface area contributed by atoms with Crippen molar-refractivity contribution in [1.29, 1.82) is 0 Å². The van der Waals surface area contributed by atoms with Gasteiger partial charge in [-0.15, -0.1) is 0 Å². The number of amides is 2. The molecule has 0 spiro atoms. The van der Waals surface area contributed by atoms with E-state index in [0.717, 1.165) is 6.42 Å². The maximum absolute atomic E-state index is 12.4. The molecule has 1 fully saturated rings. The van der Waals surface area contributed by atoms with Gasteiger partial charge in [-0.3, -0.25) is 10.1 Å². The molecule has 1 aliphatic rings. The lowest BCUT2D eigenvalue weighted by molar-refractivity contribution is 0.0635. The van der Waals surface area contributed by atoms with Gasteiger partial charge in [-0.2, -0.15) is 0 Å². The van der Waals surface area contributed by atoms with E-state index in [9.17, 15) is 9.59 Å². The van der Waals surface area contributed by atoms with Crippen LogP contribution in [-0.4, -0.2) is 23.6 Å². The Balaban J connectivity index is 1.91. The highest BCUT2D eigenvalue weighted by Crippen LogP contribution is 2.24. The number of hydrogen-bond donors (Lipinski definition) is 2. The van der Waals surface area contributed by atoms with Crippen LogP contribution in [0.5, 0.6) is 0 Å². The van der Waals surface area contributed by atoms with Crippen molar-refractivity contribution in [1.82, 2.24) is 5.32 Å². The second kappa shape index (κ2) is 7.69. The lowest BCUT2D eigenvalue weighted by Gasteiger charge is -2.29. The molecule has 5 nitrogen and oxygen atoms in total. The monoisotopic (exact) mass is 332 g/mol. The molecule has 1 aromatic carbocycles. The highest BCUT2D eigenvalue weighted by molar-refractivity contribution is 5.95. The van der Waals surface area contributed by atoms with Gasteiger partial charge in [0.15, 0.2) is 0 Å². The predicted molar refractivity (Wildman–Crippen MR) is 95.2 cm³/mol. The number of benzene rings is 1. The van der Waals surface area contributed by atoms with Gasteiger partial charge in [0.2, 0.25) is 0 Å². The highest BCUT2D eigenvalue weighted by atomic mass is 16.6. The van der Waals surface area contributed by atoms with Gasteiger partial charge < -0.3 is 10.1 Å². The molecule has 24 heavy (non-hydrogen) atoms. The molecule has 0 aromatic heterocycles. The number of carbonyl (C=O) groups excluding carboxylic acids is 2. The van der Waals surface area contributed by atoms with E-state index in [0.29, 0.717) is 17.2 Å². The van der Waals surface area contributed by atoms with Gasteiger partial charge in [-0.1, -0.05) is 19.8 Å². The maximum atomic E-state index is 12.4. The largest absolute Gasteiger partial charge is 0.444 e. The average molecular weight is 332 g/mol. The second-order valence-corrected chi connectivity index (χ2v) is 7.55. The van der Waals surface area contributed by atoms with Gasteiger partial charge in [0.25, 0.3) is 5.91 Å². The first-order chi connectivity index (χ1) is 11.2. The molecule has 1 saturated carbocycles. The predicted octanol–water partition coefficient (Wildman–Crippen LogP) is 4.34. The zero-order valence-electron chi connectivity index (χ0n) is 15.0. The van der Waals surface area contributed by atoms with Crippen LogP contribution in [0.3, 0.4) is 0 Å². The van der Waals surface area contributed by atoms with Crippen molar-refractivity contribution in [2.45, 2.75) is 65.0 Å². The van der Waals surface area contributed by atoms with Crippen LogP contribution in [0.2, 0.25) is 0 Å². The first-order valence-corrected chi connectivity index (χ1v) is 8.65. The molecule has 1 aromatic rings. The molecule has 132 valence electrons. The van der Waals surface area contributed by atoms with Gasteiger partial charge >= 0.3 is 6.09 Å². The standard InChI is InChI=1S/C19H28N2O3/c1-13-7-5-6-8-16(13)21-17(22)14-9-11-15(12-10-14)20-18(23)24-19(2,3)4/h9-13,16H,5-8H2,1-4H3,(H,20,23)(H,21,22)/t13-,16+/m0/s1. The Kier molecular flexibility index (Phi) is 5.86. The second-order valence-electron chi connectivity index (χ2n) is 7.55. The van der Waals surface area contributed by atoms with E-state index in [1.165, 1.54) is 19.3 Å². The number of ether oxygens (including phenoxy) is 1. The van der Waals surface area contributed by atoms with Crippen LogP contribution in [0.1, 0.15) is 63.7 Å². The minimum atomic E-state index is -0.541. The summed E-state index contributed by atoms with van der Waals surface area (Å²) in [4.78, 5) is 24.1. The van der Waals surface area contributed by atoms with E-state index < -0.39 is 11.7 Å². The van der Waals surface area contributed by atoms with Crippen molar-refractivity contribution in [3.63, 3.8) is 0 Å². The number of carbonyl (C=O) groups is 2. The fourth-order valence-corrected chi connectivity index (χ4v) is 2.91. The van der Waals surface area contributed by atoms with E-state index in [1.807, 2.05) is 20.8 Å². The zero-order valence-corrected chi connectivity index (χ0v) is 15.0. The topological polar surface area (TPSA) is 67.4 Å². The molecule has 2 rings (SSSR count). The quantitative estimate of drug-likeness (QED) is 0.865. The summed E-state index contributed by atoms with van der Waals surface area (Å²) in [6.45, 7) is 7.63. The summed E-state index contributed by atoms with van der Waals surface area (Å²) in [5, 5.41) is 5.79. The van der Waals surface area contributed by atoms with E-state index in [2.05, 4.69) is 17.6 Å². The van der Waals surface area contributed by atoms with E-state index in [-0.39, 0.29) is 11.9 Å². The molecule has 5 heteroatoms. The molecule has 0 bridgehead atoms. The minimum Gasteiger partial charge on any atom is -0.444 e. The van der Waals surface area contributed by atoms with Gasteiger partial charge in [0.1, 0.15) is 5.60 Å². The highest BCUT2D eigenvalue weighted by Gasteiger charge is 2.23. The Morgan fingerprint density at radius 3 is 2.29 bits per heavy atom. The van der Waals surface area contributed by atoms with E-state index in [1.54, 1.807) is 24.3 Å². The van der Waals surface area contributed by atoms with E-state index >= 15 is 0 Å². The number of hydrogen-bond acceptors (Lipinski definition) is 3. The molecule has 0 radical (unpaired) electrons. The van der Waals surface area contributed by atoms with E-state index in [4.69, 9.17) is 4.74 Å². The minimum absolute atomic E-state index is 0.0578. The van der Waals surface area contributed by atoms with Crippen LogP contribution in [0.15, 0.2) is 24.3 Å². The Morgan fingerprint density at radius 2 is 1.71 bits per heavy atom. The Labute approximate surface area is 144 Å².